The van der Waals surface area contributed by atoms with Crippen LogP contribution in [0.1, 0.15) is 31.4 Å². The molecule has 1 aromatic carbocycles. The van der Waals surface area contributed by atoms with Crippen LogP contribution < -0.4 is 15.2 Å². The van der Waals surface area contributed by atoms with Crippen LogP contribution in [-0.2, 0) is 17.8 Å². The van der Waals surface area contributed by atoms with Gasteiger partial charge in [-0.3, -0.25) is 4.79 Å². The predicted octanol–water partition coefficient (Wildman–Crippen LogP) is 1.96. The minimum atomic E-state index is -0.424. The largest absolute Gasteiger partial charge is 0.493 e. The monoisotopic (exact) mass is 306 g/mol. The Morgan fingerprint density at radius 3 is 2.41 bits per heavy atom. The average Bonchev–Trinajstić information content (AvgIpc) is 2.57. The lowest BCUT2D eigenvalue weighted by Gasteiger charge is -2.32. The zero-order chi connectivity index (χ0) is 16.3. The minimum Gasteiger partial charge on any atom is -0.493 e. The number of rotatable bonds is 5. The summed E-state index contributed by atoms with van der Waals surface area (Å²) in [5.41, 5.74) is 8.40. The fourth-order valence-corrected chi connectivity index (χ4v) is 2.78. The molecule has 1 aliphatic rings. The topological polar surface area (TPSA) is 64.8 Å². The predicted molar refractivity (Wildman–Crippen MR) is 86.1 cm³/mol. The number of fused-ring (bicyclic) bond motifs is 1. The maximum atomic E-state index is 12.5. The summed E-state index contributed by atoms with van der Waals surface area (Å²) in [4.78, 5) is 14.4. The van der Waals surface area contributed by atoms with Crippen LogP contribution in [0.3, 0.4) is 0 Å². The van der Waals surface area contributed by atoms with Crippen molar-refractivity contribution in [3.63, 3.8) is 0 Å². The summed E-state index contributed by atoms with van der Waals surface area (Å²) in [6.07, 6.45) is 1.72. The number of nitrogens with zero attached hydrogens (tertiary/aromatic N) is 1. The Hall–Kier alpha value is -1.75. The third-order valence-corrected chi connectivity index (χ3v) is 4.57. The van der Waals surface area contributed by atoms with Gasteiger partial charge < -0.3 is 20.1 Å². The molecule has 1 aliphatic heterocycles. The summed E-state index contributed by atoms with van der Waals surface area (Å²) < 4.78 is 10.7. The SMILES string of the molecule is CCC(C)[C@H](N)C(=O)N1CCc2cc(OC)c(OC)cc2C1. The molecular formula is C17H26N2O3. The van der Waals surface area contributed by atoms with Crippen molar-refractivity contribution in [2.24, 2.45) is 11.7 Å². The van der Waals surface area contributed by atoms with E-state index in [1.165, 1.54) is 5.56 Å². The zero-order valence-electron chi connectivity index (χ0n) is 13.9. The van der Waals surface area contributed by atoms with Crippen LogP contribution in [0, 0.1) is 5.92 Å². The minimum absolute atomic E-state index is 0.0368. The highest BCUT2D eigenvalue weighted by Gasteiger charge is 2.28. The van der Waals surface area contributed by atoms with Gasteiger partial charge in [0.25, 0.3) is 0 Å². The van der Waals surface area contributed by atoms with Gasteiger partial charge >= 0.3 is 0 Å². The number of nitrogens with two attached hydrogens (primary N) is 1. The molecule has 0 saturated heterocycles. The Labute approximate surface area is 132 Å². The lowest BCUT2D eigenvalue weighted by molar-refractivity contribution is -0.134. The van der Waals surface area contributed by atoms with Gasteiger partial charge in [-0.2, -0.15) is 0 Å². The van der Waals surface area contributed by atoms with Gasteiger partial charge in [-0.25, -0.2) is 0 Å². The molecule has 1 unspecified atom stereocenters. The maximum Gasteiger partial charge on any atom is 0.240 e. The molecular weight excluding hydrogens is 280 g/mol. The Balaban J connectivity index is 2.19. The van der Waals surface area contributed by atoms with E-state index in [2.05, 4.69) is 6.92 Å². The van der Waals surface area contributed by atoms with E-state index in [4.69, 9.17) is 15.2 Å². The lowest BCUT2D eigenvalue weighted by atomic mass is 9.95. The van der Waals surface area contributed by atoms with Gasteiger partial charge in [0.1, 0.15) is 0 Å². The van der Waals surface area contributed by atoms with E-state index in [-0.39, 0.29) is 11.8 Å². The Bertz CT molecular complexity index is 545. The fourth-order valence-electron chi connectivity index (χ4n) is 2.78. The molecule has 0 aliphatic carbocycles. The van der Waals surface area contributed by atoms with Gasteiger partial charge in [0.2, 0.25) is 5.91 Å². The fraction of sp³-hybridized carbons (Fsp3) is 0.588. The van der Waals surface area contributed by atoms with Crippen LogP contribution in [0.15, 0.2) is 12.1 Å². The third kappa shape index (κ3) is 3.19. The summed E-state index contributed by atoms with van der Waals surface area (Å²) >= 11 is 0. The highest BCUT2D eigenvalue weighted by atomic mass is 16.5. The molecule has 1 amide bonds. The Morgan fingerprint density at radius 1 is 1.27 bits per heavy atom. The first-order chi connectivity index (χ1) is 10.5. The van der Waals surface area contributed by atoms with E-state index >= 15 is 0 Å². The van der Waals surface area contributed by atoms with E-state index in [0.717, 1.165) is 24.2 Å². The van der Waals surface area contributed by atoms with Crippen LogP contribution in [0.2, 0.25) is 0 Å². The molecule has 1 heterocycles. The molecule has 2 atom stereocenters. The van der Waals surface area contributed by atoms with Crippen molar-refractivity contribution in [3.05, 3.63) is 23.3 Å². The van der Waals surface area contributed by atoms with E-state index in [0.29, 0.717) is 18.8 Å². The van der Waals surface area contributed by atoms with Crippen LogP contribution in [0.25, 0.3) is 0 Å². The van der Waals surface area contributed by atoms with Crippen molar-refractivity contribution in [1.29, 1.82) is 0 Å². The van der Waals surface area contributed by atoms with E-state index in [1.807, 2.05) is 24.0 Å². The summed E-state index contributed by atoms with van der Waals surface area (Å²) in [7, 11) is 3.25. The molecule has 0 aromatic heterocycles. The van der Waals surface area contributed by atoms with Crippen molar-refractivity contribution in [1.82, 2.24) is 4.90 Å². The van der Waals surface area contributed by atoms with Crippen LogP contribution >= 0.6 is 0 Å². The second kappa shape index (κ2) is 7.01. The van der Waals surface area contributed by atoms with Gasteiger partial charge in [-0.05, 0) is 35.6 Å². The molecule has 0 spiro atoms. The molecule has 2 N–H and O–H groups in total. The molecule has 0 bridgehead atoms. The van der Waals surface area contributed by atoms with Crippen molar-refractivity contribution in [2.45, 2.75) is 39.3 Å². The number of carbonyl (C=O) groups excluding carboxylic acids is 1. The average molecular weight is 306 g/mol. The molecule has 5 nitrogen and oxygen atoms in total. The lowest BCUT2D eigenvalue weighted by Crippen LogP contribution is -2.48. The molecule has 5 heteroatoms. The molecule has 0 radical (unpaired) electrons. The Morgan fingerprint density at radius 2 is 1.86 bits per heavy atom. The van der Waals surface area contributed by atoms with Crippen LogP contribution in [0.5, 0.6) is 11.5 Å². The summed E-state index contributed by atoms with van der Waals surface area (Å²) in [6.45, 7) is 5.36. The highest BCUT2D eigenvalue weighted by molar-refractivity contribution is 5.82. The van der Waals surface area contributed by atoms with E-state index < -0.39 is 6.04 Å². The number of methoxy groups -OCH3 is 2. The molecule has 0 fully saturated rings. The molecule has 0 saturated carbocycles. The van der Waals surface area contributed by atoms with Crippen molar-refractivity contribution in [3.8, 4) is 11.5 Å². The number of hydrogen-bond donors (Lipinski definition) is 1. The maximum absolute atomic E-state index is 12.5. The molecule has 1 aromatic rings. The molecule has 22 heavy (non-hydrogen) atoms. The summed E-state index contributed by atoms with van der Waals surface area (Å²) in [5.74, 6) is 1.66. The van der Waals surface area contributed by atoms with Crippen LogP contribution in [-0.4, -0.2) is 37.6 Å². The van der Waals surface area contributed by atoms with Gasteiger partial charge in [-0.15, -0.1) is 0 Å². The van der Waals surface area contributed by atoms with Gasteiger partial charge in [0.05, 0.1) is 20.3 Å². The summed E-state index contributed by atoms with van der Waals surface area (Å²) in [6, 6.07) is 3.54. The number of amides is 1. The quantitative estimate of drug-likeness (QED) is 0.903. The molecule has 122 valence electrons. The first-order valence-electron chi connectivity index (χ1n) is 7.79. The number of hydrogen-bond acceptors (Lipinski definition) is 4. The van der Waals surface area contributed by atoms with E-state index in [1.54, 1.807) is 14.2 Å². The zero-order valence-corrected chi connectivity index (χ0v) is 13.9. The second-order valence-corrected chi connectivity index (χ2v) is 5.90. The number of carbonyl (C=O) groups is 1. The van der Waals surface area contributed by atoms with Gasteiger partial charge in [0.15, 0.2) is 11.5 Å². The van der Waals surface area contributed by atoms with Crippen LogP contribution in [0.4, 0.5) is 0 Å². The van der Waals surface area contributed by atoms with Crippen molar-refractivity contribution < 1.29 is 14.3 Å². The van der Waals surface area contributed by atoms with Gasteiger partial charge in [-0.1, -0.05) is 20.3 Å². The molecule has 2 rings (SSSR count). The van der Waals surface area contributed by atoms with Gasteiger partial charge in [0, 0.05) is 13.1 Å². The highest BCUT2D eigenvalue weighted by Crippen LogP contribution is 2.33. The first-order valence-corrected chi connectivity index (χ1v) is 7.79. The normalized spacial score (nSPS) is 16.7. The number of ether oxygens (including phenoxy) is 2. The van der Waals surface area contributed by atoms with E-state index in [9.17, 15) is 4.79 Å². The first kappa shape index (κ1) is 16.6. The summed E-state index contributed by atoms with van der Waals surface area (Å²) in [5, 5.41) is 0. The van der Waals surface area contributed by atoms with Crippen molar-refractivity contribution in [2.75, 3.05) is 20.8 Å². The Kier molecular flexibility index (Phi) is 5.29. The third-order valence-electron chi connectivity index (χ3n) is 4.57. The number of benzene rings is 1. The second-order valence-electron chi connectivity index (χ2n) is 5.90. The van der Waals surface area contributed by atoms with Crippen molar-refractivity contribution >= 4 is 5.91 Å². The standard InChI is InChI=1S/C17H26N2O3/c1-5-11(2)16(18)17(20)19-7-6-12-8-14(21-3)15(22-4)9-13(12)10-19/h8-9,11,16H,5-7,10,18H2,1-4H3/t11?,16-/m0/s1. The smallest absolute Gasteiger partial charge is 0.240 e.